The Hall–Kier alpha value is -1.12. The Balaban J connectivity index is 2.86. The highest BCUT2D eigenvalue weighted by atomic mass is 32.1. The second-order valence-corrected chi connectivity index (χ2v) is 4.36. The van der Waals surface area contributed by atoms with Crippen LogP contribution in [0.3, 0.4) is 0 Å². The molecule has 1 aromatic rings. The van der Waals surface area contributed by atoms with Gasteiger partial charge in [-0.15, -0.1) is 11.3 Å². The molecule has 0 saturated heterocycles. The number of alkyl halides is 3. The van der Waals surface area contributed by atoms with Crippen LogP contribution in [0.15, 0.2) is 6.07 Å². The summed E-state index contributed by atoms with van der Waals surface area (Å²) in [6.45, 7) is 0.957. The van der Waals surface area contributed by atoms with Gasteiger partial charge in [0.05, 0.1) is 18.8 Å². The summed E-state index contributed by atoms with van der Waals surface area (Å²) in [6, 6.07) is 0.908. The molecular formula is C9H10F3NO3S. The fraction of sp³-hybridized carbons (Fsp3) is 0.444. The Kier molecular flexibility index (Phi) is 4.49. The smallest absolute Gasteiger partial charge is 0.394 e. The van der Waals surface area contributed by atoms with E-state index in [-0.39, 0.29) is 13.2 Å². The van der Waals surface area contributed by atoms with E-state index in [9.17, 15) is 18.0 Å². The normalized spacial score (nSPS) is 11.6. The van der Waals surface area contributed by atoms with Crippen LogP contribution in [0, 0.1) is 6.92 Å². The van der Waals surface area contributed by atoms with Gasteiger partial charge >= 0.3 is 6.18 Å². The summed E-state index contributed by atoms with van der Waals surface area (Å²) in [5.41, 5.74) is 0.856. The van der Waals surface area contributed by atoms with Gasteiger partial charge in [-0.1, -0.05) is 0 Å². The lowest BCUT2D eigenvalue weighted by Crippen LogP contribution is -2.26. The quantitative estimate of drug-likeness (QED) is 0.646. The van der Waals surface area contributed by atoms with Crippen LogP contribution in [-0.2, 0) is 11.0 Å². The van der Waals surface area contributed by atoms with Crippen molar-refractivity contribution in [2.75, 3.05) is 13.2 Å². The first-order chi connectivity index (χ1) is 7.86. The van der Waals surface area contributed by atoms with Crippen molar-refractivity contribution in [2.24, 2.45) is 0 Å². The van der Waals surface area contributed by atoms with Crippen molar-refractivity contribution in [3.05, 3.63) is 21.4 Å². The van der Waals surface area contributed by atoms with Crippen LogP contribution in [0.4, 0.5) is 13.2 Å². The number of hydrogen-bond donors (Lipinski definition) is 2. The summed E-state index contributed by atoms with van der Waals surface area (Å²) in [6.07, 6.45) is -4.57. The Morgan fingerprint density at radius 3 is 2.76 bits per heavy atom. The van der Waals surface area contributed by atoms with Gasteiger partial charge in [0.25, 0.3) is 5.91 Å². The number of nitrogens with one attached hydrogen (secondary N) is 1. The number of aliphatic hydroxyl groups excluding tert-OH is 1. The lowest BCUT2D eigenvalue weighted by atomic mass is 10.2. The van der Waals surface area contributed by atoms with E-state index in [1.807, 2.05) is 5.48 Å². The lowest BCUT2D eigenvalue weighted by Gasteiger charge is -2.07. The summed E-state index contributed by atoms with van der Waals surface area (Å²) in [4.78, 5) is 15.8. The first-order valence-corrected chi connectivity index (χ1v) is 5.38. The van der Waals surface area contributed by atoms with Crippen LogP contribution in [0.2, 0.25) is 0 Å². The van der Waals surface area contributed by atoms with Crippen LogP contribution in [0.1, 0.15) is 20.1 Å². The van der Waals surface area contributed by atoms with E-state index in [2.05, 4.69) is 4.84 Å². The number of carbonyl (C=O) groups is 1. The predicted molar refractivity (Wildman–Crippen MR) is 54.6 cm³/mol. The van der Waals surface area contributed by atoms with E-state index in [0.29, 0.717) is 4.88 Å². The van der Waals surface area contributed by atoms with Gasteiger partial charge in [-0.2, -0.15) is 13.2 Å². The molecule has 0 fully saturated rings. The molecule has 0 saturated carbocycles. The largest absolute Gasteiger partial charge is 0.418 e. The van der Waals surface area contributed by atoms with E-state index in [4.69, 9.17) is 5.11 Å². The zero-order chi connectivity index (χ0) is 13.1. The molecule has 0 aliphatic carbocycles. The Morgan fingerprint density at radius 1 is 1.59 bits per heavy atom. The van der Waals surface area contributed by atoms with E-state index in [1.54, 1.807) is 0 Å². The molecule has 4 nitrogen and oxygen atoms in total. The molecule has 1 amide bonds. The van der Waals surface area contributed by atoms with Gasteiger partial charge in [-0.3, -0.25) is 9.63 Å². The van der Waals surface area contributed by atoms with E-state index < -0.39 is 22.5 Å². The topological polar surface area (TPSA) is 58.6 Å². The molecule has 0 aliphatic heterocycles. The van der Waals surface area contributed by atoms with Crippen molar-refractivity contribution in [3.63, 3.8) is 0 Å². The number of halogens is 3. The number of hydrogen-bond acceptors (Lipinski definition) is 4. The van der Waals surface area contributed by atoms with Crippen molar-refractivity contribution in [3.8, 4) is 0 Å². The zero-order valence-electron chi connectivity index (χ0n) is 8.80. The maximum Gasteiger partial charge on any atom is 0.418 e. The maximum atomic E-state index is 12.6. The summed E-state index contributed by atoms with van der Waals surface area (Å²) in [5.74, 6) is -0.969. The van der Waals surface area contributed by atoms with Crippen LogP contribution in [0.5, 0.6) is 0 Å². The zero-order valence-corrected chi connectivity index (χ0v) is 9.61. The molecule has 0 spiro atoms. The molecule has 0 aromatic carbocycles. The lowest BCUT2D eigenvalue weighted by molar-refractivity contribution is -0.137. The van der Waals surface area contributed by atoms with Crippen LogP contribution >= 0.6 is 11.3 Å². The summed E-state index contributed by atoms with van der Waals surface area (Å²) >= 11 is 0.733. The fourth-order valence-electron chi connectivity index (χ4n) is 1.10. The van der Waals surface area contributed by atoms with Gasteiger partial charge in [-0.25, -0.2) is 5.48 Å². The van der Waals surface area contributed by atoms with Gasteiger partial charge in [-0.05, 0) is 13.0 Å². The first-order valence-electron chi connectivity index (χ1n) is 4.57. The van der Waals surface area contributed by atoms with Crippen molar-refractivity contribution in [2.45, 2.75) is 13.1 Å². The fourth-order valence-corrected chi connectivity index (χ4v) is 2.02. The molecule has 0 aliphatic rings. The van der Waals surface area contributed by atoms with Gasteiger partial charge in [0, 0.05) is 4.88 Å². The van der Waals surface area contributed by atoms with Gasteiger partial charge < -0.3 is 5.11 Å². The van der Waals surface area contributed by atoms with E-state index in [0.717, 1.165) is 17.4 Å². The highest BCUT2D eigenvalue weighted by Gasteiger charge is 2.37. The molecule has 1 rings (SSSR count). The third kappa shape index (κ3) is 3.69. The van der Waals surface area contributed by atoms with Gasteiger partial charge in [0.15, 0.2) is 0 Å². The highest BCUT2D eigenvalue weighted by molar-refractivity contribution is 7.14. The number of rotatable bonds is 4. The molecule has 0 bridgehead atoms. The number of thiophene rings is 1. The number of aliphatic hydroxyl groups is 1. The molecule has 17 heavy (non-hydrogen) atoms. The van der Waals surface area contributed by atoms with E-state index in [1.165, 1.54) is 6.92 Å². The molecule has 96 valence electrons. The monoisotopic (exact) mass is 269 g/mol. The first kappa shape index (κ1) is 13.9. The average molecular weight is 269 g/mol. The number of aryl methyl sites for hydroxylation is 1. The molecule has 0 radical (unpaired) electrons. The third-order valence-electron chi connectivity index (χ3n) is 1.73. The van der Waals surface area contributed by atoms with Gasteiger partial charge in [0.2, 0.25) is 0 Å². The third-order valence-corrected chi connectivity index (χ3v) is 2.77. The molecule has 0 atom stereocenters. The molecule has 1 aromatic heterocycles. The molecule has 1 heterocycles. The highest BCUT2D eigenvalue weighted by Crippen LogP contribution is 2.36. The average Bonchev–Trinajstić information content (AvgIpc) is 2.60. The second-order valence-electron chi connectivity index (χ2n) is 3.10. The maximum absolute atomic E-state index is 12.6. The number of carbonyl (C=O) groups excluding carboxylic acids is 1. The minimum Gasteiger partial charge on any atom is -0.394 e. The molecular weight excluding hydrogens is 259 g/mol. The van der Waals surface area contributed by atoms with E-state index >= 15 is 0 Å². The minimum absolute atomic E-state index is 0.183. The standard InChI is InChI=1S/C9H10F3NO3S/c1-5-4-6(9(10,11)12)7(17-5)8(15)13-16-3-2-14/h4,14H,2-3H2,1H3,(H,13,15). The summed E-state index contributed by atoms with van der Waals surface area (Å²) in [5, 5.41) is 8.38. The second kappa shape index (κ2) is 5.48. The minimum atomic E-state index is -4.57. The Morgan fingerprint density at radius 2 is 2.24 bits per heavy atom. The van der Waals surface area contributed by atoms with Crippen LogP contribution < -0.4 is 5.48 Å². The van der Waals surface area contributed by atoms with Crippen molar-refractivity contribution < 1.29 is 27.9 Å². The van der Waals surface area contributed by atoms with Crippen LogP contribution in [0.25, 0.3) is 0 Å². The number of hydroxylamine groups is 1. The molecule has 2 N–H and O–H groups in total. The summed E-state index contributed by atoms with van der Waals surface area (Å²) < 4.78 is 37.7. The van der Waals surface area contributed by atoms with Crippen molar-refractivity contribution in [1.82, 2.24) is 5.48 Å². The van der Waals surface area contributed by atoms with Gasteiger partial charge in [0.1, 0.15) is 4.88 Å². The van der Waals surface area contributed by atoms with Crippen molar-refractivity contribution in [1.29, 1.82) is 0 Å². The number of amides is 1. The Labute approximate surface area is 99.0 Å². The molecule has 8 heteroatoms. The molecule has 0 unspecified atom stereocenters. The van der Waals surface area contributed by atoms with Crippen LogP contribution in [-0.4, -0.2) is 24.2 Å². The summed E-state index contributed by atoms with van der Waals surface area (Å²) in [7, 11) is 0. The SMILES string of the molecule is Cc1cc(C(F)(F)F)c(C(=O)NOCCO)s1. The van der Waals surface area contributed by atoms with Crippen molar-refractivity contribution >= 4 is 17.2 Å². The Bertz CT molecular complexity index is 403. The predicted octanol–water partition coefficient (Wildman–Crippen LogP) is 1.73.